The lowest BCUT2D eigenvalue weighted by atomic mass is 10.2. The van der Waals surface area contributed by atoms with Gasteiger partial charge in [0.25, 0.3) is 17.4 Å². The maximum absolute atomic E-state index is 13.4. The summed E-state index contributed by atoms with van der Waals surface area (Å²) in [6.07, 6.45) is 1.38. The van der Waals surface area contributed by atoms with Gasteiger partial charge in [0.2, 0.25) is 0 Å². The quantitative estimate of drug-likeness (QED) is 0.288. The highest BCUT2D eigenvalue weighted by Gasteiger charge is 2.27. The van der Waals surface area contributed by atoms with Gasteiger partial charge in [-0.15, -0.1) is 0 Å². The fourth-order valence-corrected chi connectivity index (χ4v) is 5.19. The Labute approximate surface area is 219 Å². The van der Waals surface area contributed by atoms with Crippen molar-refractivity contribution < 1.29 is 9.59 Å². The summed E-state index contributed by atoms with van der Waals surface area (Å²) >= 11 is 19.2. The van der Waals surface area contributed by atoms with Gasteiger partial charge in [-0.25, -0.2) is 9.38 Å². The van der Waals surface area contributed by atoms with Crippen LogP contribution >= 0.6 is 46.1 Å². The molecule has 4 rings (SSSR count). The molecule has 0 aliphatic heterocycles. The highest BCUT2D eigenvalue weighted by atomic mass is 35.5. The third kappa shape index (κ3) is 5.51. The Morgan fingerprint density at radius 2 is 1.66 bits per heavy atom. The van der Waals surface area contributed by atoms with Crippen molar-refractivity contribution in [3.63, 3.8) is 0 Å². The van der Waals surface area contributed by atoms with Crippen molar-refractivity contribution in [2.24, 2.45) is 0 Å². The van der Waals surface area contributed by atoms with Crippen LogP contribution in [0.1, 0.15) is 44.8 Å². The van der Waals surface area contributed by atoms with Crippen LogP contribution in [0.2, 0.25) is 15.1 Å². The monoisotopic (exact) mass is 548 g/mol. The molecule has 0 saturated heterocycles. The predicted molar refractivity (Wildman–Crippen MR) is 142 cm³/mol. The summed E-state index contributed by atoms with van der Waals surface area (Å²) in [5, 5.41) is 6.55. The molecule has 0 spiro atoms. The summed E-state index contributed by atoms with van der Waals surface area (Å²) in [5.74, 6) is -1.26. The number of aryl methyl sites for hydroxylation is 2. The van der Waals surface area contributed by atoms with Gasteiger partial charge in [-0.05, 0) is 49.2 Å². The molecule has 2 heterocycles. The molecular formula is C24H19Cl3N4O3S. The standard InChI is InChI=1S/C24H19Cl3N4O3S/c1-3-4-15-11-19(32)31-20(22(33)28-16-6-5-12(2)18(27)10-16)21(35-24(31)30-15)23(34)29-17-8-13(25)7-14(26)9-17/h5-11H,3-4H2,1-2H3,(H,28,33)(H,29,34). The first-order valence-corrected chi connectivity index (χ1v) is 12.5. The first kappa shape index (κ1) is 25.2. The number of nitrogens with zero attached hydrogens (tertiary/aromatic N) is 2. The van der Waals surface area contributed by atoms with Gasteiger partial charge in [-0.2, -0.15) is 0 Å². The normalized spacial score (nSPS) is 11.0. The van der Waals surface area contributed by atoms with Crippen LogP contribution < -0.4 is 16.2 Å². The summed E-state index contributed by atoms with van der Waals surface area (Å²) in [4.78, 5) is 44.4. The number of thiazole rings is 1. The molecule has 0 unspecified atom stereocenters. The van der Waals surface area contributed by atoms with Gasteiger partial charge < -0.3 is 10.6 Å². The number of rotatable bonds is 6. The van der Waals surface area contributed by atoms with Crippen molar-refractivity contribution in [2.75, 3.05) is 10.6 Å². The molecule has 2 amide bonds. The third-order valence-electron chi connectivity index (χ3n) is 5.05. The van der Waals surface area contributed by atoms with E-state index in [1.165, 1.54) is 24.3 Å². The fraction of sp³-hybridized carbons (Fsp3) is 0.167. The van der Waals surface area contributed by atoms with Crippen LogP contribution in [0.3, 0.4) is 0 Å². The maximum atomic E-state index is 13.4. The second kappa shape index (κ2) is 10.4. The van der Waals surface area contributed by atoms with E-state index in [2.05, 4.69) is 15.6 Å². The second-order valence-corrected chi connectivity index (χ2v) is 10.0. The molecule has 0 atom stereocenters. The fourth-order valence-electron chi connectivity index (χ4n) is 3.44. The van der Waals surface area contributed by atoms with E-state index in [-0.39, 0.29) is 15.5 Å². The highest BCUT2D eigenvalue weighted by molar-refractivity contribution is 7.19. The Kier molecular flexibility index (Phi) is 7.47. The largest absolute Gasteiger partial charge is 0.321 e. The number of aromatic nitrogens is 2. The lowest BCUT2D eigenvalue weighted by Crippen LogP contribution is -2.25. The average molecular weight is 550 g/mol. The Hall–Kier alpha value is -2.91. The van der Waals surface area contributed by atoms with E-state index in [1.54, 1.807) is 18.2 Å². The summed E-state index contributed by atoms with van der Waals surface area (Å²) in [6.45, 7) is 3.81. The molecule has 0 saturated carbocycles. The van der Waals surface area contributed by atoms with Crippen LogP contribution in [0.5, 0.6) is 0 Å². The van der Waals surface area contributed by atoms with Gasteiger partial charge in [0.1, 0.15) is 10.6 Å². The molecule has 11 heteroatoms. The topological polar surface area (TPSA) is 92.6 Å². The van der Waals surface area contributed by atoms with E-state index in [0.717, 1.165) is 27.7 Å². The van der Waals surface area contributed by atoms with Crippen LogP contribution in [0.25, 0.3) is 4.96 Å². The number of amides is 2. The third-order valence-corrected chi connectivity index (χ3v) is 6.93. The molecular weight excluding hydrogens is 531 g/mol. The van der Waals surface area contributed by atoms with E-state index < -0.39 is 17.4 Å². The Morgan fingerprint density at radius 1 is 0.971 bits per heavy atom. The molecule has 180 valence electrons. The summed E-state index contributed by atoms with van der Waals surface area (Å²) in [6, 6.07) is 11.0. The number of hydrogen-bond acceptors (Lipinski definition) is 5. The molecule has 2 aromatic heterocycles. The zero-order chi connectivity index (χ0) is 25.3. The minimum atomic E-state index is -0.655. The highest BCUT2D eigenvalue weighted by Crippen LogP contribution is 2.27. The smallest absolute Gasteiger partial charge is 0.274 e. The number of carbonyl (C=O) groups is 2. The van der Waals surface area contributed by atoms with E-state index >= 15 is 0 Å². The minimum absolute atomic E-state index is 0.00931. The Bertz CT molecular complexity index is 1510. The molecule has 0 fully saturated rings. The molecule has 2 N–H and O–H groups in total. The van der Waals surface area contributed by atoms with Crippen molar-refractivity contribution in [1.29, 1.82) is 0 Å². The zero-order valence-electron chi connectivity index (χ0n) is 18.6. The number of hydrogen-bond donors (Lipinski definition) is 2. The summed E-state index contributed by atoms with van der Waals surface area (Å²) in [5.41, 5.74) is 1.61. The molecule has 0 radical (unpaired) electrons. The lowest BCUT2D eigenvalue weighted by Gasteiger charge is -2.09. The van der Waals surface area contributed by atoms with E-state index in [1.807, 2.05) is 13.8 Å². The SMILES string of the molecule is CCCc1cc(=O)n2c(C(=O)Nc3ccc(C)c(Cl)c3)c(C(=O)Nc3cc(Cl)cc(Cl)c3)sc2n1. The second-order valence-electron chi connectivity index (χ2n) is 7.76. The van der Waals surface area contributed by atoms with Crippen molar-refractivity contribution in [3.05, 3.63) is 89.7 Å². The van der Waals surface area contributed by atoms with Crippen molar-refractivity contribution in [3.8, 4) is 0 Å². The number of anilines is 2. The molecule has 2 aromatic carbocycles. The van der Waals surface area contributed by atoms with Gasteiger partial charge in [0.15, 0.2) is 4.96 Å². The van der Waals surface area contributed by atoms with Crippen LogP contribution in [-0.2, 0) is 6.42 Å². The van der Waals surface area contributed by atoms with Gasteiger partial charge >= 0.3 is 0 Å². The molecule has 0 aliphatic rings. The van der Waals surface area contributed by atoms with Crippen molar-refractivity contribution >= 4 is 74.3 Å². The van der Waals surface area contributed by atoms with Crippen LogP contribution in [-0.4, -0.2) is 21.2 Å². The predicted octanol–water partition coefficient (Wildman–Crippen LogP) is 6.48. The zero-order valence-corrected chi connectivity index (χ0v) is 21.7. The maximum Gasteiger partial charge on any atom is 0.274 e. The van der Waals surface area contributed by atoms with Gasteiger partial charge in [0.05, 0.1) is 0 Å². The molecule has 0 aliphatic carbocycles. The van der Waals surface area contributed by atoms with E-state index in [0.29, 0.717) is 38.6 Å². The number of fused-ring (bicyclic) bond motifs is 1. The molecule has 7 nitrogen and oxygen atoms in total. The Morgan fingerprint density at radius 3 is 2.31 bits per heavy atom. The first-order chi connectivity index (χ1) is 16.7. The number of halogens is 3. The number of nitrogens with one attached hydrogen (secondary N) is 2. The first-order valence-electron chi connectivity index (χ1n) is 10.6. The number of benzene rings is 2. The van der Waals surface area contributed by atoms with Crippen LogP contribution in [0.4, 0.5) is 11.4 Å². The lowest BCUT2D eigenvalue weighted by molar-refractivity contribution is 0.0989. The van der Waals surface area contributed by atoms with Crippen LogP contribution in [0, 0.1) is 6.92 Å². The van der Waals surface area contributed by atoms with Gasteiger partial charge in [0, 0.05) is 38.2 Å². The summed E-state index contributed by atoms with van der Waals surface area (Å²) < 4.78 is 1.15. The number of carbonyl (C=O) groups excluding carboxylic acids is 2. The van der Waals surface area contributed by atoms with Crippen molar-refractivity contribution in [2.45, 2.75) is 26.7 Å². The van der Waals surface area contributed by atoms with Crippen molar-refractivity contribution in [1.82, 2.24) is 9.38 Å². The molecule has 35 heavy (non-hydrogen) atoms. The van der Waals surface area contributed by atoms with E-state index in [4.69, 9.17) is 34.8 Å². The van der Waals surface area contributed by atoms with Gasteiger partial charge in [-0.3, -0.25) is 14.4 Å². The average Bonchev–Trinajstić information content (AvgIpc) is 3.16. The Balaban J connectivity index is 1.81. The molecule has 4 aromatic rings. The van der Waals surface area contributed by atoms with Gasteiger partial charge in [-0.1, -0.05) is 65.6 Å². The minimum Gasteiger partial charge on any atom is -0.321 e. The summed E-state index contributed by atoms with van der Waals surface area (Å²) in [7, 11) is 0. The van der Waals surface area contributed by atoms with E-state index in [9.17, 15) is 14.4 Å². The van der Waals surface area contributed by atoms with Crippen LogP contribution in [0.15, 0.2) is 47.3 Å². The molecule has 0 bridgehead atoms.